The second kappa shape index (κ2) is 6.30. The maximum Gasteiger partial charge on any atom is 0.261 e. The maximum atomic E-state index is 12.4. The molecular weight excluding hydrogens is 274 g/mol. The Bertz CT molecular complexity index is 759. The standard InChI is InChI=1S/C19H21NO2/c1-2-11-20-18(10-9-17(13-21)19(20)22)16-8-7-14-5-3-4-6-15(14)12-16/h7-10,12-13H,2-6,11H2,1H3. The average molecular weight is 295 g/mol. The molecule has 0 amide bonds. The van der Waals surface area contributed by atoms with Gasteiger partial charge in [0.2, 0.25) is 0 Å². The van der Waals surface area contributed by atoms with Gasteiger partial charge in [0.05, 0.1) is 11.3 Å². The molecule has 0 saturated carbocycles. The van der Waals surface area contributed by atoms with Crippen molar-refractivity contribution >= 4 is 6.29 Å². The quantitative estimate of drug-likeness (QED) is 0.808. The summed E-state index contributed by atoms with van der Waals surface area (Å²) >= 11 is 0. The molecule has 0 spiro atoms. The van der Waals surface area contributed by atoms with E-state index in [-0.39, 0.29) is 11.1 Å². The van der Waals surface area contributed by atoms with E-state index in [9.17, 15) is 9.59 Å². The van der Waals surface area contributed by atoms with Crippen LogP contribution in [0.3, 0.4) is 0 Å². The molecular formula is C19H21NO2. The van der Waals surface area contributed by atoms with Crippen molar-refractivity contribution in [1.82, 2.24) is 4.57 Å². The van der Waals surface area contributed by atoms with Crippen LogP contribution in [-0.4, -0.2) is 10.9 Å². The fourth-order valence-corrected chi connectivity index (χ4v) is 3.28. The molecule has 1 aromatic carbocycles. The van der Waals surface area contributed by atoms with Gasteiger partial charge in [0.25, 0.3) is 5.56 Å². The van der Waals surface area contributed by atoms with Crippen LogP contribution in [0.2, 0.25) is 0 Å². The minimum absolute atomic E-state index is 0.188. The number of aromatic nitrogens is 1. The molecule has 0 N–H and O–H groups in total. The van der Waals surface area contributed by atoms with Gasteiger partial charge in [-0.1, -0.05) is 19.1 Å². The number of carbonyl (C=O) groups is 1. The van der Waals surface area contributed by atoms with Crippen LogP contribution < -0.4 is 5.56 Å². The SMILES string of the molecule is CCCn1c(-c2ccc3c(c2)CCCC3)ccc(C=O)c1=O. The van der Waals surface area contributed by atoms with Crippen LogP contribution in [0.5, 0.6) is 0 Å². The molecule has 1 heterocycles. The van der Waals surface area contributed by atoms with E-state index >= 15 is 0 Å². The Hall–Kier alpha value is -2.16. The van der Waals surface area contributed by atoms with Crippen LogP contribution >= 0.6 is 0 Å². The van der Waals surface area contributed by atoms with Crippen molar-refractivity contribution < 1.29 is 4.79 Å². The van der Waals surface area contributed by atoms with E-state index in [2.05, 4.69) is 18.2 Å². The zero-order chi connectivity index (χ0) is 15.5. The Morgan fingerprint density at radius 1 is 1.09 bits per heavy atom. The Morgan fingerprint density at radius 2 is 1.86 bits per heavy atom. The maximum absolute atomic E-state index is 12.4. The lowest BCUT2D eigenvalue weighted by atomic mass is 9.90. The van der Waals surface area contributed by atoms with Gasteiger partial charge < -0.3 is 4.57 Å². The number of nitrogens with zero attached hydrogens (tertiary/aromatic N) is 1. The molecule has 0 fully saturated rings. The largest absolute Gasteiger partial charge is 0.308 e. The number of carbonyl (C=O) groups excluding carboxylic acids is 1. The molecule has 0 saturated heterocycles. The van der Waals surface area contributed by atoms with Gasteiger partial charge in [-0.3, -0.25) is 9.59 Å². The third-order valence-electron chi connectivity index (χ3n) is 4.42. The van der Waals surface area contributed by atoms with Gasteiger partial charge in [0, 0.05) is 6.54 Å². The molecule has 1 aromatic heterocycles. The highest BCUT2D eigenvalue weighted by molar-refractivity contribution is 5.75. The number of fused-ring (bicyclic) bond motifs is 1. The number of aldehydes is 1. The highest BCUT2D eigenvalue weighted by atomic mass is 16.1. The summed E-state index contributed by atoms with van der Waals surface area (Å²) in [5, 5.41) is 0. The summed E-state index contributed by atoms with van der Waals surface area (Å²) in [7, 11) is 0. The molecule has 1 aliphatic rings. The Kier molecular flexibility index (Phi) is 4.23. The molecule has 0 aliphatic heterocycles. The molecule has 3 rings (SSSR count). The Balaban J connectivity index is 2.13. The van der Waals surface area contributed by atoms with Crippen LogP contribution in [0.4, 0.5) is 0 Å². The average Bonchev–Trinajstić information content (AvgIpc) is 2.56. The van der Waals surface area contributed by atoms with Crippen LogP contribution in [0.25, 0.3) is 11.3 Å². The van der Waals surface area contributed by atoms with Crippen LogP contribution in [0.1, 0.15) is 47.7 Å². The van der Waals surface area contributed by atoms with E-state index < -0.39 is 0 Å². The summed E-state index contributed by atoms with van der Waals surface area (Å²) in [5.41, 5.74) is 4.86. The van der Waals surface area contributed by atoms with E-state index in [0.29, 0.717) is 12.8 Å². The van der Waals surface area contributed by atoms with Crippen molar-refractivity contribution in [3.8, 4) is 11.3 Å². The van der Waals surface area contributed by atoms with Crippen molar-refractivity contribution in [2.75, 3.05) is 0 Å². The van der Waals surface area contributed by atoms with E-state index in [1.54, 1.807) is 10.6 Å². The topological polar surface area (TPSA) is 39.1 Å². The summed E-state index contributed by atoms with van der Waals surface area (Å²) < 4.78 is 1.73. The van der Waals surface area contributed by atoms with E-state index in [1.807, 2.05) is 13.0 Å². The predicted molar refractivity (Wildman–Crippen MR) is 88.5 cm³/mol. The van der Waals surface area contributed by atoms with Crippen molar-refractivity contribution in [2.45, 2.75) is 45.6 Å². The van der Waals surface area contributed by atoms with Gasteiger partial charge in [0.15, 0.2) is 6.29 Å². The Labute approximate surface area is 130 Å². The third-order valence-corrected chi connectivity index (χ3v) is 4.42. The van der Waals surface area contributed by atoms with Gasteiger partial charge in [-0.25, -0.2) is 0 Å². The smallest absolute Gasteiger partial charge is 0.261 e. The molecule has 0 radical (unpaired) electrons. The molecule has 3 nitrogen and oxygen atoms in total. The van der Waals surface area contributed by atoms with Crippen LogP contribution in [0, 0.1) is 0 Å². The van der Waals surface area contributed by atoms with E-state index in [1.165, 1.54) is 24.0 Å². The van der Waals surface area contributed by atoms with Crippen LogP contribution in [-0.2, 0) is 19.4 Å². The predicted octanol–water partition coefficient (Wildman–Crippen LogP) is 3.62. The van der Waals surface area contributed by atoms with Crippen molar-refractivity contribution in [3.05, 3.63) is 57.4 Å². The summed E-state index contributed by atoms with van der Waals surface area (Å²) in [4.78, 5) is 23.4. The second-order valence-corrected chi connectivity index (χ2v) is 5.94. The zero-order valence-corrected chi connectivity index (χ0v) is 13.0. The second-order valence-electron chi connectivity index (χ2n) is 5.94. The number of rotatable bonds is 4. The zero-order valence-electron chi connectivity index (χ0n) is 13.0. The highest BCUT2D eigenvalue weighted by Gasteiger charge is 2.13. The van der Waals surface area contributed by atoms with Gasteiger partial charge in [0.1, 0.15) is 0 Å². The normalized spacial score (nSPS) is 13.7. The first-order valence-corrected chi connectivity index (χ1v) is 8.05. The first-order chi connectivity index (χ1) is 10.7. The lowest BCUT2D eigenvalue weighted by molar-refractivity contribution is 0.112. The molecule has 22 heavy (non-hydrogen) atoms. The van der Waals surface area contributed by atoms with Crippen LogP contribution in [0.15, 0.2) is 35.1 Å². The Morgan fingerprint density at radius 3 is 2.59 bits per heavy atom. The van der Waals surface area contributed by atoms with Gasteiger partial charge in [-0.15, -0.1) is 0 Å². The molecule has 2 aromatic rings. The van der Waals surface area contributed by atoms with E-state index in [4.69, 9.17) is 0 Å². The first-order valence-electron chi connectivity index (χ1n) is 8.05. The van der Waals surface area contributed by atoms with E-state index in [0.717, 1.165) is 30.5 Å². The summed E-state index contributed by atoms with van der Waals surface area (Å²) in [5.74, 6) is 0. The number of hydrogen-bond donors (Lipinski definition) is 0. The molecule has 0 unspecified atom stereocenters. The summed E-state index contributed by atoms with van der Waals surface area (Å²) in [6.45, 7) is 2.67. The van der Waals surface area contributed by atoms with Gasteiger partial charge in [-0.05, 0) is 67.0 Å². The number of pyridine rings is 1. The highest BCUT2D eigenvalue weighted by Crippen LogP contribution is 2.27. The first kappa shape index (κ1) is 14.8. The molecule has 1 aliphatic carbocycles. The molecule has 0 atom stereocenters. The van der Waals surface area contributed by atoms with Gasteiger partial charge >= 0.3 is 0 Å². The molecule has 0 bridgehead atoms. The molecule has 114 valence electrons. The third kappa shape index (κ3) is 2.63. The van der Waals surface area contributed by atoms with Crippen molar-refractivity contribution in [3.63, 3.8) is 0 Å². The fraction of sp³-hybridized carbons (Fsp3) is 0.368. The minimum Gasteiger partial charge on any atom is -0.308 e. The lowest BCUT2D eigenvalue weighted by Crippen LogP contribution is -2.24. The number of aryl methyl sites for hydroxylation is 2. The number of benzene rings is 1. The van der Waals surface area contributed by atoms with Crippen molar-refractivity contribution in [2.24, 2.45) is 0 Å². The lowest BCUT2D eigenvalue weighted by Gasteiger charge is -2.18. The van der Waals surface area contributed by atoms with Gasteiger partial charge in [-0.2, -0.15) is 0 Å². The summed E-state index contributed by atoms with van der Waals surface area (Å²) in [6, 6.07) is 10.0. The monoisotopic (exact) mass is 295 g/mol. The molecule has 3 heteroatoms. The summed E-state index contributed by atoms with van der Waals surface area (Å²) in [6.07, 6.45) is 6.28. The minimum atomic E-state index is -0.188. The van der Waals surface area contributed by atoms with Crippen molar-refractivity contribution in [1.29, 1.82) is 0 Å². The fourth-order valence-electron chi connectivity index (χ4n) is 3.28. The number of hydrogen-bond acceptors (Lipinski definition) is 2.